The van der Waals surface area contributed by atoms with Gasteiger partial charge in [-0.05, 0) is 63.1 Å². The highest BCUT2D eigenvalue weighted by Crippen LogP contribution is 2.60. The van der Waals surface area contributed by atoms with Gasteiger partial charge in [-0.15, -0.1) is 0 Å². The van der Waals surface area contributed by atoms with Gasteiger partial charge in [-0.1, -0.05) is 38.3 Å². The number of anilines is 2. The van der Waals surface area contributed by atoms with Crippen LogP contribution in [0.15, 0.2) is 24.4 Å². The van der Waals surface area contributed by atoms with Crippen molar-refractivity contribution in [3.8, 4) is 0 Å². The van der Waals surface area contributed by atoms with Gasteiger partial charge in [0.1, 0.15) is 11.5 Å². The smallest absolute Gasteiger partial charge is 0.305 e. The number of esters is 1. The molecule has 2 fully saturated rings. The van der Waals surface area contributed by atoms with Crippen LogP contribution in [0.3, 0.4) is 0 Å². The molecule has 0 bridgehead atoms. The molecule has 0 radical (unpaired) electrons. The number of hydrogen-bond acceptors (Lipinski definition) is 7. The van der Waals surface area contributed by atoms with Crippen molar-refractivity contribution in [2.75, 3.05) is 38.2 Å². The SMILES string of the molecule is COC(=O)CCCCCCC(=O)N1CCN(C(=O)c2cnc3c(n2)C2(CN3c3ccc(Cl)c(F)c3)CC(C)(C)C2)C(C)(C)C1. The summed E-state index contributed by atoms with van der Waals surface area (Å²) in [5, 5.41) is 0.0663. The number of aromatic nitrogens is 2. The summed E-state index contributed by atoms with van der Waals surface area (Å²) in [6.07, 6.45) is 7.45. The standard InChI is InChI=1S/C33H43ClFN5O4/c1-31(2)18-33(19-31)21-39(22-12-13-23(34)24(35)16-22)29-28(33)37-25(17-36-29)30(43)40-15-14-38(20-32(40,3)4)26(41)10-8-6-7-9-11-27(42)44-5/h12-13,16-17H,6-11,14-15,18-21H2,1-5H3. The van der Waals surface area contributed by atoms with Crippen LogP contribution in [0.25, 0.3) is 0 Å². The predicted octanol–water partition coefficient (Wildman–Crippen LogP) is 6.06. The first-order chi connectivity index (χ1) is 20.7. The van der Waals surface area contributed by atoms with Crippen molar-refractivity contribution >= 4 is 40.9 Å². The highest BCUT2D eigenvalue weighted by molar-refractivity contribution is 6.30. The van der Waals surface area contributed by atoms with Crippen LogP contribution >= 0.6 is 11.6 Å². The maximum absolute atomic E-state index is 14.4. The van der Waals surface area contributed by atoms with Crippen LogP contribution in [0.4, 0.5) is 15.9 Å². The molecule has 2 amide bonds. The maximum Gasteiger partial charge on any atom is 0.305 e. The Kier molecular flexibility index (Phi) is 8.95. The number of fused-ring (bicyclic) bond motifs is 2. The molecule has 0 N–H and O–H groups in total. The Morgan fingerprint density at radius 3 is 2.34 bits per heavy atom. The second-order valence-electron chi connectivity index (χ2n) is 14.0. The molecule has 1 aromatic heterocycles. The summed E-state index contributed by atoms with van der Waals surface area (Å²) in [6, 6.07) is 4.75. The van der Waals surface area contributed by atoms with Crippen molar-refractivity contribution in [3.05, 3.63) is 46.6 Å². The summed E-state index contributed by atoms with van der Waals surface area (Å²) >= 11 is 5.95. The zero-order chi connectivity index (χ0) is 31.9. The molecule has 9 nitrogen and oxygen atoms in total. The first-order valence-corrected chi connectivity index (χ1v) is 15.9. The molecule has 11 heteroatoms. The van der Waals surface area contributed by atoms with Gasteiger partial charge in [0.05, 0.1) is 29.6 Å². The second-order valence-corrected chi connectivity index (χ2v) is 14.4. The number of carbonyl (C=O) groups excluding carboxylic acids is 3. The summed E-state index contributed by atoms with van der Waals surface area (Å²) in [5.74, 6) is -0.157. The van der Waals surface area contributed by atoms with Crippen molar-refractivity contribution in [1.82, 2.24) is 19.8 Å². The number of carbonyl (C=O) groups is 3. The number of unbranched alkanes of at least 4 members (excludes halogenated alkanes) is 3. The van der Waals surface area contributed by atoms with E-state index in [4.69, 9.17) is 21.6 Å². The minimum atomic E-state index is -0.588. The molecule has 2 aromatic rings. The van der Waals surface area contributed by atoms with Crippen molar-refractivity contribution in [3.63, 3.8) is 0 Å². The van der Waals surface area contributed by atoms with Gasteiger partial charge in [-0.2, -0.15) is 0 Å². The van der Waals surface area contributed by atoms with Gasteiger partial charge in [-0.3, -0.25) is 14.4 Å². The van der Waals surface area contributed by atoms with E-state index in [-0.39, 0.29) is 39.3 Å². The van der Waals surface area contributed by atoms with Crippen LogP contribution in [0.2, 0.25) is 5.02 Å². The molecular formula is C33H43ClFN5O4. The van der Waals surface area contributed by atoms with Crippen LogP contribution in [-0.2, 0) is 19.7 Å². The van der Waals surface area contributed by atoms with Crippen molar-refractivity contribution in [1.29, 1.82) is 0 Å². The quantitative estimate of drug-likeness (QED) is 0.246. The maximum atomic E-state index is 14.4. The van der Waals surface area contributed by atoms with Gasteiger partial charge in [0.2, 0.25) is 5.91 Å². The molecule has 3 aliphatic rings. The van der Waals surface area contributed by atoms with E-state index in [1.807, 2.05) is 23.6 Å². The van der Waals surface area contributed by atoms with Gasteiger partial charge in [0.15, 0.2) is 5.82 Å². The predicted molar refractivity (Wildman–Crippen MR) is 167 cm³/mol. The average molecular weight is 628 g/mol. The summed E-state index contributed by atoms with van der Waals surface area (Å²) < 4.78 is 19.1. The number of methoxy groups -OCH3 is 1. The molecule has 0 atom stereocenters. The van der Waals surface area contributed by atoms with E-state index in [1.165, 1.54) is 19.4 Å². The second kappa shape index (κ2) is 12.3. The lowest BCUT2D eigenvalue weighted by Gasteiger charge is -2.51. The lowest BCUT2D eigenvalue weighted by molar-refractivity contribution is -0.140. The zero-order valence-corrected chi connectivity index (χ0v) is 27.2. The summed E-state index contributed by atoms with van der Waals surface area (Å²) in [5.41, 5.74) is 1.01. The number of ether oxygens (including phenoxy) is 1. The Labute approximate surface area is 264 Å². The number of nitrogens with zero attached hydrogens (tertiary/aromatic N) is 5. The molecule has 1 saturated carbocycles. The number of piperazine rings is 1. The third-order valence-corrected chi connectivity index (χ3v) is 9.60. The lowest BCUT2D eigenvalue weighted by atomic mass is 9.54. The van der Waals surface area contributed by atoms with Gasteiger partial charge in [0.25, 0.3) is 5.91 Å². The molecule has 1 aliphatic carbocycles. The van der Waals surface area contributed by atoms with E-state index in [1.54, 1.807) is 17.0 Å². The largest absolute Gasteiger partial charge is 0.469 e. The summed E-state index contributed by atoms with van der Waals surface area (Å²) in [4.78, 5) is 53.5. The molecule has 238 valence electrons. The van der Waals surface area contributed by atoms with E-state index < -0.39 is 11.4 Å². The Morgan fingerprint density at radius 1 is 1.00 bits per heavy atom. The van der Waals surface area contributed by atoms with Crippen LogP contribution in [0.1, 0.15) is 95.2 Å². The third-order valence-electron chi connectivity index (χ3n) is 9.29. The minimum Gasteiger partial charge on any atom is -0.469 e. The van der Waals surface area contributed by atoms with Crippen molar-refractivity contribution in [2.24, 2.45) is 5.41 Å². The number of amides is 2. The van der Waals surface area contributed by atoms with Crippen LogP contribution in [0.5, 0.6) is 0 Å². The number of halogens is 2. The first kappa shape index (κ1) is 32.1. The topological polar surface area (TPSA) is 95.9 Å². The molecule has 5 rings (SSSR count). The molecule has 1 spiro atoms. The highest BCUT2D eigenvalue weighted by Gasteiger charge is 2.57. The molecule has 2 aliphatic heterocycles. The molecule has 44 heavy (non-hydrogen) atoms. The Bertz CT molecular complexity index is 1440. The zero-order valence-electron chi connectivity index (χ0n) is 26.4. The Balaban J connectivity index is 1.26. The van der Waals surface area contributed by atoms with E-state index in [9.17, 15) is 18.8 Å². The first-order valence-electron chi connectivity index (χ1n) is 15.5. The van der Waals surface area contributed by atoms with Crippen LogP contribution in [-0.4, -0.2) is 76.4 Å². The number of benzene rings is 1. The molecular weight excluding hydrogens is 585 g/mol. The van der Waals surface area contributed by atoms with Gasteiger partial charge in [0, 0.05) is 50.1 Å². The van der Waals surface area contributed by atoms with E-state index in [2.05, 4.69) is 18.6 Å². The fourth-order valence-electron chi connectivity index (χ4n) is 7.46. The summed E-state index contributed by atoms with van der Waals surface area (Å²) in [7, 11) is 1.39. The Hall–Kier alpha value is -3.27. The highest BCUT2D eigenvalue weighted by atomic mass is 35.5. The average Bonchev–Trinajstić information content (AvgIpc) is 3.28. The fraction of sp³-hybridized carbons (Fsp3) is 0.606. The van der Waals surface area contributed by atoms with Crippen molar-refractivity contribution < 1.29 is 23.5 Å². The van der Waals surface area contributed by atoms with E-state index in [0.29, 0.717) is 50.5 Å². The fourth-order valence-corrected chi connectivity index (χ4v) is 7.58. The third kappa shape index (κ3) is 6.41. The molecule has 1 saturated heterocycles. The molecule has 1 aromatic carbocycles. The summed E-state index contributed by atoms with van der Waals surface area (Å²) in [6.45, 7) is 10.3. The number of hydrogen-bond donors (Lipinski definition) is 0. The van der Waals surface area contributed by atoms with Gasteiger partial charge >= 0.3 is 5.97 Å². The van der Waals surface area contributed by atoms with E-state index >= 15 is 0 Å². The van der Waals surface area contributed by atoms with Crippen LogP contribution in [0, 0.1) is 11.2 Å². The molecule has 3 heterocycles. The van der Waals surface area contributed by atoms with E-state index in [0.717, 1.165) is 44.2 Å². The minimum absolute atomic E-state index is 0.0663. The van der Waals surface area contributed by atoms with Gasteiger partial charge < -0.3 is 19.4 Å². The van der Waals surface area contributed by atoms with Crippen molar-refractivity contribution in [2.45, 2.75) is 90.0 Å². The normalized spacial score (nSPS) is 19.5. The van der Waals surface area contributed by atoms with Gasteiger partial charge in [-0.25, -0.2) is 14.4 Å². The number of rotatable bonds is 9. The molecule has 0 unspecified atom stereocenters. The Morgan fingerprint density at radius 2 is 1.70 bits per heavy atom. The lowest BCUT2D eigenvalue weighted by Crippen LogP contribution is -2.62. The van der Waals surface area contributed by atoms with Crippen LogP contribution < -0.4 is 4.90 Å². The monoisotopic (exact) mass is 627 g/mol.